The fourth-order valence-corrected chi connectivity index (χ4v) is 15.2. The van der Waals surface area contributed by atoms with Crippen LogP contribution in [0.1, 0.15) is 92.9 Å². The lowest BCUT2D eigenvalue weighted by Crippen LogP contribution is -2.67. The summed E-state index contributed by atoms with van der Waals surface area (Å²) in [5, 5.41) is 151. The second-order valence-electron chi connectivity index (χ2n) is 24.1. The molecule has 23 nitrogen and oxygen atoms in total. The molecule has 4 saturated carbocycles. The predicted octanol–water partition coefficient (Wildman–Crippen LogP) is -3.01. The molecule has 32 unspecified atom stereocenters. The van der Waals surface area contributed by atoms with Crippen LogP contribution >= 0.6 is 0 Å². The van der Waals surface area contributed by atoms with Crippen LogP contribution in [0.2, 0.25) is 0 Å². The molecule has 9 aliphatic rings. The molecule has 23 heteroatoms. The smallest absolute Gasteiger partial charge is 0.187 e. The van der Waals surface area contributed by atoms with Crippen LogP contribution in [-0.2, 0) is 42.6 Å². The molecule has 0 amide bonds. The van der Waals surface area contributed by atoms with Gasteiger partial charge in [-0.05, 0) is 119 Å². The van der Waals surface area contributed by atoms with Gasteiger partial charge in [-0.15, -0.1) is 0 Å². The highest BCUT2D eigenvalue weighted by atomic mass is 16.8. The Morgan fingerprint density at radius 3 is 1.81 bits per heavy atom. The molecule has 9 rings (SSSR count). The van der Waals surface area contributed by atoms with Crippen molar-refractivity contribution in [3.05, 3.63) is 11.8 Å². The van der Waals surface area contributed by atoms with E-state index in [9.17, 15) is 71.5 Å². The summed E-state index contributed by atoms with van der Waals surface area (Å²) in [7, 11) is 0. The zero-order valence-electron chi connectivity index (χ0n) is 43.0. The molecular weight excluding hydrogens is 981 g/mol. The Hall–Kier alpha value is -1.34. The Bertz CT molecular complexity index is 1930. The Balaban J connectivity index is 0.858. The summed E-state index contributed by atoms with van der Waals surface area (Å²) < 4.78 is 54.3. The zero-order valence-corrected chi connectivity index (χ0v) is 43.0. The zero-order chi connectivity index (χ0) is 53.7. The minimum atomic E-state index is -1.80. The van der Waals surface area contributed by atoms with E-state index in [0.29, 0.717) is 30.9 Å². The van der Waals surface area contributed by atoms with E-state index in [4.69, 9.17) is 42.6 Å². The monoisotopic (exact) mass is 1060 g/mol. The maximum Gasteiger partial charge on any atom is 0.187 e. The van der Waals surface area contributed by atoms with Gasteiger partial charge in [0.2, 0.25) is 0 Å². The summed E-state index contributed by atoms with van der Waals surface area (Å²) in [5.74, 6) is 1.12. The Labute approximate surface area is 430 Å². The summed E-state index contributed by atoms with van der Waals surface area (Å²) in [6.45, 7) is 10.0. The van der Waals surface area contributed by atoms with Crippen molar-refractivity contribution in [2.45, 2.75) is 240 Å². The van der Waals surface area contributed by atoms with E-state index < -0.39 is 154 Å². The highest BCUT2D eigenvalue weighted by Gasteiger charge is 2.70. The molecule has 0 spiro atoms. The molecule has 32 atom stereocenters. The molecule has 4 aliphatic carbocycles. The van der Waals surface area contributed by atoms with Gasteiger partial charge in [0.1, 0.15) is 103 Å². The summed E-state index contributed by atoms with van der Waals surface area (Å²) in [4.78, 5) is 0. The second kappa shape index (κ2) is 22.0. The van der Waals surface area contributed by atoms with Gasteiger partial charge in [0, 0.05) is 5.92 Å². The van der Waals surface area contributed by atoms with E-state index in [1.165, 1.54) is 13.8 Å². The topological polar surface area (TPSA) is 366 Å². The second-order valence-corrected chi connectivity index (χ2v) is 24.1. The predicted molar refractivity (Wildman–Crippen MR) is 250 cm³/mol. The summed E-state index contributed by atoms with van der Waals surface area (Å²) >= 11 is 0. The van der Waals surface area contributed by atoms with E-state index in [0.717, 1.165) is 32.1 Å². The lowest BCUT2D eigenvalue weighted by atomic mass is 9.44. The van der Waals surface area contributed by atoms with Crippen LogP contribution < -0.4 is 0 Å². The quantitative estimate of drug-likeness (QED) is 0.0817. The number of aliphatic hydroxyl groups is 14. The van der Waals surface area contributed by atoms with Crippen LogP contribution in [0.3, 0.4) is 0 Å². The van der Waals surface area contributed by atoms with E-state index in [1.54, 1.807) is 0 Å². The highest BCUT2D eigenvalue weighted by Crippen LogP contribution is 2.71. The standard InChI is InChI=1S/C51H84O23/c1-19(18-66-45-38(61)37(60)34(57)29(16-52)71-45)7-10-31-51(6,65)44-28(69-31)14-25-23-9-8-22-13-27(26(54)15-50(22,5)24(23)11-12-49(25,44)4)70-48-43(74-47-40(63)36(59)33(56)21(3)68-47)41(64)42(30(17-53)72-48)73-46-39(62)35(58)32(55)20(2)67-46/h10,19-30,32-48,52-65H,7-9,11-18H2,1-6H3. The third kappa shape index (κ3) is 10.1. The van der Waals surface area contributed by atoms with Gasteiger partial charge in [0.25, 0.3) is 0 Å². The first kappa shape index (κ1) is 57.3. The molecule has 74 heavy (non-hydrogen) atoms. The minimum Gasteiger partial charge on any atom is -0.492 e. The first-order chi connectivity index (χ1) is 34.9. The largest absolute Gasteiger partial charge is 0.492 e. The van der Waals surface area contributed by atoms with Crippen molar-refractivity contribution in [2.75, 3.05) is 19.8 Å². The molecule has 0 bridgehead atoms. The van der Waals surface area contributed by atoms with Crippen molar-refractivity contribution in [2.24, 2.45) is 46.3 Å². The van der Waals surface area contributed by atoms with Gasteiger partial charge in [0.15, 0.2) is 25.2 Å². The number of fused-ring (bicyclic) bond motifs is 7. The SMILES string of the molecule is CC(CC=C1OC2CC3C4CCC5CC(OC6OC(CO)C(OC7OC(C)C(O)C(O)C7O)C(O)C6OC6OC(C)C(O)C(O)C6O)C(O)CC5(C)C4CCC3(C)C2C1(C)O)COC1OC(CO)C(O)C(O)C1O. The third-order valence-corrected chi connectivity index (χ3v) is 19.5. The molecular formula is C51H84O23. The number of allylic oxidation sites excluding steroid dienone is 1. The van der Waals surface area contributed by atoms with E-state index in [-0.39, 0.29) is 53.1 Å². The lowest BCUT2D eigenvalue weighted by molar-refractivity contribution is -0.391. The fourth-order valence-electron chi connectivity index (χ4n) is 15.2. The van der Waals surface area contributed by atoms with Gasteiger partial charge in [-0.1, -0.05) is 20.8 Å². The number of ether oxygens (including phenoxy) is 9. The van der Waals surface area contributed by atoms with Gasteiger partial charge >= 0.3 is 0 Å². The van der Waals surface area contributed by atoms with Crippen molar-refractivity contribution >= 4 is 0 Å². The molecule has 5 saturated heterocycles. The normalized spacial score (nSPS) is 56.5. The molecule has 9 fully saturated rings. The van der Waals surface area contributed by atoms with Crippen LogP contribution in [0, 0.1) is 46.3 Å². The summed E-state index contributed by atoms with van der Waals surface area (Å²) in [6.07, 6.45) is -24.5. The highest BCUT2D eigenvalue weighted by molar-refractivity contribution is 5.26. The van der Waals surface area contributed by atoms with E-state index in [1.807, 2.05) is 19.9 Å². The average molecular weight is 1070 g/mol. The first-order valence-corrected chi connectivity index (χ1v) is 26.9. The van der Waals surface area contributed by atoms with Crippen LogP contribution in [0.15, 0.2) is 11.8 Å². The number of rotatable bonds is 13. The Kier molecular flexibility index (Phi) is 17.0. The summed E-state index contributed by atoms with van der Waals surface area (Å²) in [6, 6.07) is 0. The van der Waals surface area contributed by atoms with Crippen molar-refractivity contribution < 1.29 is 114 Å². The maximum absolute atomic E-state index is 12.4. The summed E-state index contributed by atoms with van der Waals surface area (Å²) in [5.41, 5.74) is -1.80. The number of aliphatic hydroxyl groups excluding tert-OH is 13. The van der Waals surface area contributed by atoms with Gasteiger partial charge in [-0.2, -0.15) is 0 Å². The maximum atomic E-state index is 12.4. The van der Waals surface area contributed by atoms with Crippen LogP contribution in [0.4, 0.5) is 0 Å². The fraction of sp³-hybridized carbons (Fsp3) is 0.961. The minimum absolute atomic E-state index is 0.0928. The van der Waals surface area contributed by atoms with Gasteiger partial charge in [0.05, 0.1) is 44.2 Å². The van der Waals surface area contributed by atoms with Gasteiger partial charge in [-0.3, -0.25) is 0 Å². The molecule has 0 aromatic carbocycles. The van der Waals surface area contributed by atoms with E-state index >= 15 is 0 Å². The molecule has 426 valence electrons. The van der Waals surface area contributed by atoms with Crippen LogP contribution in [-0.4, -0.2) is 238 Å². The number of hydrogen-bond acceptors (Lipinski definition) is 23. The molecule has 5 heterocycles. The third-order valence-electron chi connectivity index (χ3n) is 19.5. The lowest BCUT2D eigenvalue weighted by Gasteiger charge is -2.62. The molecule has 0 aromatic rings. The Morgan fingerprint density at radius 2 is 1.19 bits per heavy atom. The molecule has 14 N–H and O–H groups in total. The van der Waals surface area contributed by atoms with Crippen LogP contribution in [0.5, 0.6) is 0 Å². The van der Waals surface area contributed by atoms with Crippen molar-refractivity contribution in [3.8, 4) is 0 Å². The van der Waals surface area contributed by atoms with E-state index in [2.05, 4.69) is 13.8 Å². The van der Waals surface area contributed by atoms with Crippen molar-refractivity contribution in [1.29, 1.82) is 0 Å². The molecule has 0 radical (unpaired) electrons. The average Bonchev–Trinajstić information content (AvgIpc) is 3.82. The van der Waals surface area contributed by atoms with Gasteiger partial charge in [-0.25, -0.2) is 0 Å². The van der Waals surface area contributed by atoms with Crippen LogP contribution in [0.25, 0.3) is 0 Å². The van der Waals surface area contributed by atoms with Gasteiger partial charge < -0.3 is 114 Å². The molecule has 5 aliphatic heterocycles. The Morgan fingerprint density at radius 1 is 0.608 bits per heavy atom. The van der Waals surface area contributed by atoms with Crippen molar-refractivity contribution in [3.63, 3.8) is 0 Å². The van der Waals surface area contributed by atoms with Crippen molar-refractivity contribution in [1.82, 2.24) is 0 Å². The number of hydrogen-bond donors (Lipinski definition) is 14. The first-order valence-electron chi connectivity index (χ1n) is 26.9. The molecule has 0 aromatic heterocycles.